The van der Waals surface area contributed by atoms with Crippen molar-refractivity contribution in [2.75, 3.05) is 21.3 Å². The standard InChI is InChI=1S/C20H26N2O3.ClH/c1-13-6-8-15(9-7-13)19(21)20(23)22(3)12-16-11-18(25-5)17(24-4)10-14(16)2;/h6-11,19H,12,21H2,1-5H3;1H. The van der Waals surface area contributed by atoms with Crippen molar-refractivity contribution in [2.45, 2.75) is 26.4 Å². The summed E-state index contributed by atoms with van der Waals surface area (Å²) in [4.78, 5) is 14.3. The first-order valence-electron chi connectivity index (χ1n) is 8.16. The molecule has 6 heteroatoms. The molecule has 2 N–H and O–H groups in total. The summed E-state index contributed by atoms with van der Waals surface area (Å²) in [6.07, 6.45) is 0. The number of benzene rings is 2. The van der Waals surface area contributed by atoms with E-state index in [1.54, 1.807) is 26.2 Å². The molecular formula is C20H27ClN2O3. The van der Waals surface area contributed by atoms with Crippen molar-refractivity contribution >= 4 is 18.3 Å². The largest absolute Gasteiger partial charge is 0.493 e. The minimum Gasteiger partial charge on any atom is -0.493 e. The average molecular weight is 379 g/mol. The first-order chi connectivity index (χ1) is 11.9. The monoisotopic (exact) mass is 378 g/mol. The zero-order valence-electron chi connectivity index (χ0n) is 15.9. The van der Waals surface area contributed by atoms with E-state index >= 15 is 0 Å². The molecule has 0 aliphatic heterocycles. The van der Waals surface area contributed by atoms with Crippen molar-refractivity contribution in [1.82, 2.24) is 4.90 Å². The molecule has 2 rings (SSSR count). The Morgan fingerprint density at radius 3 is 2.15 bits per heavy atom. The van der Waals surface area contributed by atoms with Gasteiger partial charge in [-0.15, -0.1) is 12.4 Å². The van der Waals surface area contributed by atoms with Gasteiger partial charge in [0.05, 0.1) is 14.2 Å². The van der Waals surface area contributed by atoms with Crippen molar-refractivity contribution in [2.24, 2.45) is 5.73 Å². The van der Waals surface area contributed by atoms with Crippen LogP contribution in [0, 0.1) is 13.8 Å². The quantitative estimate of drug-likeness (QED) is 0.836. The number of methoxy groups -OCH3 is 2. The second kappa shape index (κ2) is 9.46. The summed E-state index contributed by atoms with van der Waals surface area (Å²) in [7, 11) is 4.96. The maximum Gasteiger partial charge on any atom is 0.244 e. The van der Waals surface area contributed by atoms with E-state index in [0.717, 1.165) is 22.3 Å². The number of hydrogen-bond acceptors (Lipinski definition) is 4. The molecule has 1 unspecified atom stereocenters. The SMILES string of the molecule is COc1cc(C)c(CN(C)C(=O)C(N)c2ccc(C)cc2)cc1OC.Cl. The van der Waals surface area contributed by atoms with Gasteiger partial charge in [0.25, 0.3) is 0 Å². The molecule has 0 saturated heterocycles. The van der Waals surface area contributed by atoms with E-state index in [9.17, 15) is 4.79 Å². The fourth-order valence-electron chi connectivity index (χ4n) is 2.68. The van der Waals surface area contributed by atoms with E-state index in [0.29, 0.717) is 18.0 Å². The van der Waals surface area contributed by atoms with Crippen LogP contribution in [0.5, 0.6) is 11.5 Å². The predicted octanol–water partition coefficient (Wildman–Crippen LogP) is 3.40. The van der Waals surface area contributed by atoms with Crippen LogP contribution in [0.2, 0.25) is 0 Å². The zero-order valence-corrected chi connectivity index (χ0v) is 16.7. The number of rotatable bonds is 6. The third-order valence-electron chi connectivity index (χ3n) is 4.33. The van der Waals surface area contributed by atoms with E-state index in [2.05, 4.69) is 0 Å². The summed E-state index contributed by atoms with van der Waals surface area (Å²) in [5.41, 5.74) is 10.1. The van der Waals surface area contributed by atoms with Crippen LogP contribution >= 0.6 is 12.4 Å². The Bertz CT molecular complexity index is 747. The number of nitrogens with zero attached hydrogens (tertiary/aromatic N) is 1. The van der Waals surface area contributed by atoms with E-state index in [1.807, 2.05) is 50.2 Å². The van der Waals surface area contributed by atoms with Gasteiger partial charge in [0.15, 0.2) is 11.5 Å². The van der Waals surface area contributed by atoms with Crippen LogP contribution in [0.4, 0.5) is 0 Å². The molecule has 0 aliphatic carbocycles. The second-order valence-corrected chi connectivity index (χ2v) is 6.22. The summed E-state index contributed by atoms with van der Waals surface area (Å²) in [6.45, 7) is 4.43. The van der Waals surface area contributed by atoms with Gasteiger partial charge in [-0.2, -0.15) is 0 Å². The van der Waals surface area contributed by atoms with Gasteiger partial charge in [-0.05, 0) is 42.7 Å². The topological polar surface area (TPSA) is 64.8 Å². The molecule has 0 fully saturated rings. The van der Waals surface area contributed by atoms with Gasteiger partial charge < -0.3 is 20.1 Å². The smallest absolute Gasteiger partial charge is 0.244 e. The maximum atomic E-state index is 12.7. The maximum absolute atomic E-state index is 12.7. The van der Waals surface area contributed by atoms with Crippen molar-refractivity contribution < 1.29 is 14.3 Å². The van der Waals surface area contributed by atoms with Crippen LogP contribution < -0.4 is 15.2 Å². The normalized spacial score (nSPS) is 11.3. The average Bonchev–Trinajstić information content (AvgIpc) is 2.62. The Balaban J connectivity index is 0.00000338. The Morgan fingerprint density at radius 1 is 1.08 bits per heavy atom. The highest BCUT2D eigenvalue weighted by Crippen LogP contribution is 2.31. The summed E-state index contributed by atoms with van der Waals surface area (Å²) < 4.78 is 10.7. The molecule has 0 heterocycles. The van der Waals surface area contributed by atoms with Gasteiger partial charge in [0.2, 0.25) is 5.91 Å². The second-order valence-electron chi connectivity index (χ2n) is 6.22. The van der Waals surface area contributed by atoms with E-state index < -0.39 is 6.04 Å². The van der Waals surface area contributed by atoms with Crippen LogP contribution in [0.1, 0.15) is 28.3 Å². The van der Waals surface area contributed by atoms with E-state index in [-0.39, 0.29) is 18.3 Å². The molecule has 1 amide bonds. The van der Waals surface area contributed by atoms with Crippen LogP contribution in [-0.4, -0.2) is 32.1 Å². The third kappa shape index (κ3) is 4.90. The van der Waals surface area contributed by atoms with Crippen LogP contribution in [0.3, 0.4) is 0 Å². The first kappa shape index (κ1) is 21.8. The molecular weight excluding hydrogens is 352 g/mol. The Hall–Kier alpha value is -2.24. The van der Waals surface area contributed by atoms with Crippen molar-refractivity contribution in [3.8, 4) is 11.5 Å². The molecule has 0 aliphatic rings. The molecule has 0 bridgehead atoms. The van der Waals surface area contributed by atoms with E-state index in [1.165, 1.54) is 0 Å². The van der Waals surface area contributed by atoms with Crippen molar-refractivity contribution in [1.29, 1.82) is 0 Å². The lowest BCUT2D eigenvalue weighted by Gasteiger charge is -2.23. The highest BCUT2D eigenvalue weighted by molar-refractivity contribution is 5.85. The van der Waals surface area contributed by atoms with Gasteiger partial charge >= 0.3 is 0 Å². The van der Waals surface area contributed by atoms with Crippen LogP contribution in [0.15, 0.2) is 36.4 Å². The van der Waals surface area contributed by atoms with Gasteiger partial charge in [0, 0.05) is 13.6 Å². The van der Waals surface area contributed by atoms with Crippen LogP contribution in [0.25, 0.3) is 0 Å². The number of carbonyl (C=O) groups excluding carboxylic acids is 1. The molecule has 0 saturated carbocycles. The van der Waals surface area contributed by atoms with Gasteiger partial charge in [-0.25, -0.2) is 0 Å². The van der Waals surface area contributed by atoms with Crippen LogP contribution in [-0.2, 0) is 11.3 Å². The predicted molar refractivity (Wildman–Crippen MR) is 106 cm³/mol. The lowest BCUT2D eigenvalue weighted by atomic mass is 10.0. The molecule has 5 nitrogen and oxygen atoms in total. The number of hydrogen-bond donors (Lipinski definition) is 1. The third-order valence-corrected chi connectivity index (χ3v) is 4.33. The molecule has 26 heavy (non-hydrogen) atoms. The number of ether oxygens (including phenoxy) is 2. The number of nitrogens with two attached hydrogens (primary N) is 1. The number of likely N-dealkylation sites (N-methyl/N-ethyl adjacent to an activating group) is 1. The summed E-state index contributed by atoms with van der Waals surface area (Å²) >= 11 is 0. The zero-order chi connectivity index (χ0) is 18.6. The highest BCUT2D eigenvalue weighted by atomic mass is 35.5. The van der Waals surface area contributed by atoms with Crippen molar-refractivity contribution in [3.05, 3.63) is 58.7 Å². The number of amides is 1. The molecule has 2 aromatic rings. The molecule has 1 atom stereocenters. The highest BCUT2D eigenvalue weighted by Gasteiger charge is 2.21. The van der Waals surface area contributed by atoms with Gasteiger partial charge in [0.1, 0.15) is 6.04 Å². The van der Waals surface area contributed by atoms with Gasteiger partial charge in [-0.3, -0.25) is 4.79 Å². The molecule has 142 valence electrons. The Morgan fingerprint density at radius 2 is 1.62 bits per heavy atom. The number of aryl methyl sites for hydroxylation is 2. The number of halogens is 1. The van der Waals surface area contributed by atoms with Crippen molar-refractivity contribution in [3.63, 3.8) is 0 Å². The van der Waals surface area contributed by atoms with Gasteiger partial charge in [-0.1, -0.05) is 29.8 Å². The molecule has 0 aromatic heterocycles. The lowest BCUT2D eigenvalue weighted by Crippen LogP contribution is -2.35. The molecule has 2 aromatic carbocycles. The Labute approximate surface area is 161 Å². The summed E-state index contributed by atoms with van der Waals surface area (Å²) in [6, 6.07) is 10.8. The lowest BCUT2D eigenvalue weighted by molar-refractivity contribution is -0.132. The summed E-state index contributed by atoms with van der Waals surface area (Å²) in [5, 5.41) is 0. The first-order valence-corrected chi connectivity index (χ1v) is 8.16. The minimum atomic E-state index is -0.675. The fourth-order valence-corrected chi connectivity index (χ4v) is 2.68. The fraction of sp³-hybridized carbons (Fsp3) is 0.350. The number of carbonyl (C=O) groups is 1. The minimum absolute atomic E-state index is 0. The summed E-state index contributed by atoms with van der Waals surface area (Å²) in [5.74, 6) is 1.19. The Kier molecular flexibility index (Phi) is 7.93. The molecule has 0 radical (unpaired) electrons. The molecule has 0 spiro atoms. The van der Waals surface area contributed by atoms with E-state index in [4.69, 9.17) is 15.2 Å².